The number of pyridine rings is 1. The van der Waals surface area contributed by atoms with Crippen molar-refractivity contribution < 1.29 is 28.6 Å². The van der Waals surface area contributed by atoms with Crippen LogP contribution in [0.2, 0.25) is 0 Å². The summed E-state index contributed by atoms with van der Waals surface area (Å²) >= 11 is 0. The predicted octanol–water partition coefficient (Wildman–Crippen LogP) is 2.31. The van der Waals surface area contributed by atoms with Gasteiger partial charge >= 0.3 is 5.97 Å². The zero-order valence-electron chi connectivity index (χ0n) is 21.2. The van der Waals surface area contributed by atoms with Gasteiger partial charge in [0.1, 0.15) is 11.6 Å². The molecule has 36 heavy (non-hydrogen) atoms. The smallest absolute Gasteiger partial charge is 0.308 e. The lowest BCUT2D eigenvalue weighted by Crippen LogP contribution is -2.52. The van der Waals surface area contributed by atoms with Gasteiger partial charge in [0.2, 0.25) is 18.1 Å². The number of methoxy groups -OCH3 is 1. The number of aryl methyl sites for hydroxylation is 1. The van der Waals surface area contributed by atoms with Crippen molar-refractivity contribution in [3.63, 3.8) is 0 Å². The number of hydrogen-bond donors (Lipinski definition) is 1. The highest BCUT2D eigenvalue weighted by molar-refractivity contribution is 6.00. The second kappa shape index (κ2) is 10.6. The monoisotopic (exact) mass is 499 g/mol. The van der Waals surface area contributed by atoms with E-state index >= 15 is 0 Å². The minimum atomic E-state index is -0.783. The van der Waals surface area contributed by atoms with Gasteiger partial charge in [-0.05, 0) is 38.2 Å². The molecule has 0 spiro atoms. The van der Waals surface area contributed by atoms with Crippen molar-refractivity contribution in [1.82, 2.24) is 14.8 Å². The highest BCUT2D eigenvalue weighted by Gasteiger charge is 2.33. The fraction of sp³-hybridized carbons (Fsp3) is 0.538. The summed E-state index contributed by atoms with van der Waals surface area (Å²) in [5.74, 6) is -0.137. The molecule has 0 aliphatic carbocycles. The number of hydrogen-bond acceptors (Lipinski definition) is 7. The number of carbonyl (C=O) groups is 3. The van der Waals surface area contributed by atoms with E-state index < -0.39 is 17.4 Å². The van der Waals surface area contributed by atoms with Crippen LogP contribution in [0.5, 0.6) is 11.5 Å². The Morgan fingerprint density at radius 1 is 1.14 bits per heavy atom. The zero-order valence-corrected chi connectivity index (χ0v) is 21.2. The Bertz CT molecular complexity index is 1230. The van der Waals surface area contributed by atoms with E-state index in [4.69, 9.17) is 14.2 Å². The lowest BCUT2D eigenvalue weighted by Gasteiger charge is -2.34. The Hall–Kier alpha value is -3.56. The Morgan fingerprint density at radius 2 is 1.81 bits per heavy atom. The number of benzene rings is 1. The molecule has 0 saturated carbocycles. The third-order valence-electron chi connectivity index (χ3n) is 6.81. The normalized spacial score (nSPS) is 16.3. The maximum absolute atomic E-state index is 13.4. The van der Waals surface area contributed by atoms with E-state index in [0.717, 1.165) is 0 Å². The molecule has 10 heteroatoms. The molecule has 0 radical (unpaired) electrons. The molecule has 194 valence electrons. The van der Waals surface area contributed by atoms with Crippen LogP contribution in [0.15, 0.2) is 23.1 Å². The maximum atomic E-state index is 13.4. The number of nitrogens with zero attached hydrogens (tertiary/aromatic N) is 2. The van der Waals surface area contributed by atoms with Gasteiger partial charge in [-0.25, -0.2) is 0 Å². The van der Waals surface area contributed by atoms with Gasteiger partial charge in [0, 0.05) is 31.9 Å². The van der Waals surface area contributed by atoms with Crippen LogP contribution >= 0.6 is 0 Å². The summed E-state index contributed by atoms with van der Waals surface area (Å²) < 4.78 is 17.5. The summed E-state index contributed by atoms with van der Waals surface area (Å²) in [7, 11) is 1.36. The van der Waals surface area contributed by atoms with Crippen LogP contribution < -0.4 is 20.2 Å². The minimum absolute atomic E-state index is 0.0332. The number of ether oxygens (including phenoxy) is 3. The fourth-order valence-corrected chi connectivity index (χ4v) is 4.85. The van der Waals surface area contributed by atoms with Crippen LogP contribution in [0.25, 0.3) is 10.9 Å². The molecule has 2 aromatic rings. The van der Waals surface area contributed by atoms with Gasteiger partial charge in [-0.15, -0.1) is 0 Å². The van der Waals surface area contributed by atoms with Crippen molar-refractivity contribution in [3.05, 3.63) is 34.1 Å². The third-order valence-corrected chi connectivity index (χ3v) is 6.81. The van der Waals surface area contributed by atoms with Gasteiger partial charge in [0.25, 0.3) is 5.91 Å². The van der Waals surface area contributed by atoms with Crippen LogP contribution in [-0.2, 0) is 20.9 Å². The van der Waals surface area contributed by atoms with Crippen molar-refractivity contribution in [2.75, 3.05) is 27.0 Å². The molecular formula is C26H33N3O7. The van der Waals surface area contributed by atoms with Crippen molar-refractivity contribution in [3.8, 4) is 11.5 Å². The number of esters is 1. The highest BCUT2D eigenvalue weighted by Crippen LogP contribution is 2.35. The average molecular weight is 500 g/mol. The molecule has 1 saturated heterocycles. The first-order valence-corrected chi connectivity index (χ1v) is 12.4. The van der Waals surface area contributed by atoms with Crippen LogP contribution in [-0.4, -0.2) is 60.3 Å². The highest BCUT2D eigenvalue weighted by atomic mass is 16.7. The second-order valence-electron chi connectivity index (χ2n) is 9.66. The summed E-state index contributed by atoms with van der Waals surface area (Å²) in [6.07, 6.45) is 2.99. The number of fused-ring (bicyclic) bond motifs is 2. The standard InChI is InChI=1S/C26H33N3O7/c1-5-28-13-18(23(30)17-11-21-22(12-20(17)28)36-14-35-21)24(31)27-19(10-15(2)3)25(32)29-8-6-16(7-9-29)26(33)34-4/h11-13,15-16,19H,5-10,14H2,1-4H3,(H,27,31)/t19-/m0/s1. The SMILES string of the molecule is CCn1cc(C(=O)N[C@@H](CC(C)C)C(=O)N2CCC(C(=O)OC)CC2)c(=O)c2cc3c(cc21)OCO3. The lowest BCUT2D eigenvalue weighted by atomic mass is 9.95. The molecule has 2 aliphatic rings. The van der Waals surface area contributed by atoms with Crippen molar-refractivity contribution in [1.29, 1.82) is 0 Å². The average Bonchev–Trinajstić information content (AvgIpc) is 3.34. The summed E-state index contributed by atoms with van der Waals surface area (Å²) in [4.78, 5) is 53.6. The largest absolute Gasteiger partial charge is 0.469 e. The topological polar surface area (TPSA) is 116 Å². The van der Waals surface area contributed by atoms with Crippen LogP contribution in [0.4, 0.5) is 0 Å². The lowest BCUT2D eigenvalue weighted by molar-refractivity contribution is -0.149. The number of rotatable bonds is 7. The molecule has 1 aromatic heterocycles. The Morgan fingerprint density at radius 3 is 2.42 bits per heavy atom. The van der Waals surface area contributed by atoms with E-state index in [-0.39, 0.29) is 36.1 Å². The Labute approximate surface area is 209 Å². The predicted molar refractivity (Wildman–Crippen MR) is 132 cm³/mol. The second-order valence-corrected chi connectivity index (χ2v) is 9.66. The maximum Gasteiger partial charge on any atom is 0.308 e. The van der Waals surface area contributed by atoms with Crippen molar-refractivity contribution in [2.24, 2.45) is 11.8 Å². The molecule has 4 rings (SSSR count). The molecule has 1 aromatic carbocycles. The Kier molecular flexibility index (Phi) is 7.51. The van der Waals surface area contributed by atoms with Crippen molar-refractivity contribution >= 4 is 28.7 Å². The molecule has 1 atom stereocenters. The first-order chi connectivity index (χ1) is 17.2. The zero-order chi connectivity index (χ0) is 26.0. The molecule has 3 heterocycles. The summed E-state index contributed by atoms with van der Waals surface area (Å²) in [6.45, 7) is 7.29. The van der Waals surface area contributed by atoms with E-state index in [9.17, 15) is 19.2 Å². The third kappa shape index (κ3) is 5.03. The summed E-state index contributed by atoms with van der Waals surface area (Å²) in [5, 5.41) is 3.18. The van der Waals surface area contributed by atoms with Crippen LogP contribution in [0, 0.1) is 11.8 Å². The van der Waals surface area contributed by atoms with E-state index in [2.05, 4.69) is 5.32 Å². The molecule has 2 amide bonds. The first-order valence-electron chi connectivity index (χ1n) is 12.4. The first kappa shape index (κ1) is 25.5. The molecule has 1 fully saturated rings. The Balaban J connectivity index is 1.58. The number of piperidine rings is 1. The number of carbonyl (C=O) groups excluding carboxylic acids is 3. The summed E-state index contributed by atoms with van der Waals surface area (Å²) in [6, 6.07) is 2.56. The minimum Gasteiger partial charge on any atom is -0.469 e. The van der Waals surface area contributed by atoms with Gasteiger partial charge in [0.05, 0.1) is 23.9 Å². The van der Waals surface area contributed by atoms with Crippen LogP contribution in [0.1, 0.15) is 50.4 Å². The van der Waals surface area contributed by atoms with Crippen molar-refractivity contribution in [2.45, 2.75) is 52.6 Å². The summed E-state index contributed by atoms with van der Waals surface area (Å²) in [5.41, 5.74) is 0.181. The van der Waals surface area contributed by atoms with Crippen LogP contribution in [0.3, 0.4) is 0 Å². The van der Waals surface area contributed by atoms with E-state index in [1.807, 2.05) is 25.3 Å². The fourth-order valence-electron chi connectivity index (χ4n) is 4.85. The van der Waals surface area contributed by atoms with Gasteiger partial charge < -0.3 is 29.0 Å². The molecule has 0 bridgehead atoms. The van der Waals surface area contributed by atoms with Gasteiger partial charge in [-0.2, -0.15) is 0 Å². The molecule has 0 unspecified atom stereocenters. The van der Waals surface area contributed by atoms with Gasteiger partial charge in [-0.1, -0.05) is 13.8 Å². The van der Waals surface area contributed by atoms with Gasteiger partial charge in [-0.3, -0.25) is 19.2 Å². The van der Waals surface area contributed by atoms with E-state index in [0.29, 0.717) is 61.3 Å². The number of amides is 2. The van der Waals surface area contributed by atoms with E-state index in [1.54, 1.807) is 17.0 Å². The molecule has 10 nitrogen and oxygen atoms in total. The number of likely N-dealkylation sites (tertiary alicyclic amines) is 1. The van der Waals surface area contributed by atoms with E-state index in [1.165, 1.54) is 13.3 Å². The molecule has 1 N–H and O–H groups in total. The quantitative estimate of drug-likeness (QED) is 0.581. The number of aromatic nitrogens is 1. The van der Waals surface area contributed by atoms with Gasteiger partial charge in [0.15, 0.2) is 11.5 Å². The molecule has 2 aliphatic heterocycles. The molecular weight excluding hydrogens is 466 g/mol. The number of nitrogens with one attached hydrogen (secondary N) is 1.